The SMILES string of the molecule is CN1CCCC1CN(C)C1CCCc2c(O)cccc21. The van der Waals surface area contributed by atoms with Crippen molar-refractivity contribution < 1.29 is 5.11 Å². The van der Waals surface area contributed by atoms with Crippen LogP contribution in [0.5, 0.6) is 5.75 Å². The average molecular weight is 274 g/mol. The van der Waals surface area contributed by atoms with E-state index in [2.05, 4.69) is 30.0 Å². The maximum atomic E-state index is 10.1. The van der Waals surface area contributed by atoms with Gasteiger partial charge in [0.25, 0.3) is 0 Å². The van der Waals surface area contributed by atoms with Crippen molar-refractivity contribution in [3.63, 3.8) is 0 Å². The third kappa shape index (κ3) is 2.57. The average Bonchev–Trinajstić information content (AvgIpc) is 2.84. The van der Waals surface area contributed by atoms with E-state index < -0.39 is 0 Å². The van der Waals surface area contributed by atoms with Crippen LogP contribution in [0.1, 0.15) is 42.9 Å². The molecular weight excluding hydrogens is 248 g/mol. The highest BCUT2D eigenvalue weighted by atomic mass is 16.3. The number of likely N-dealkylation sites (tertiary alicyclic amines) is 1. The summed E-state index contributed by atoms with van der Waals surface area (Å²) in [5.74, 6) is 0.485. The van der Waals surface area contributed by atoms with Crippen LogP contribution in [0.2, 0.25) is 0 Å². The molecule has 1 aliphatic carbocycles. The summed E-state index contributed by atoms with van der Waals surface area (Å²) in [6.45, 7) is 2.37. The highest BCUT2D eigenvalue weighted by Gasteiger charge is 2.29. The van der Waals surface area contributed by atoms with Crippen LogP contribution in [0.15, 0.2) is 18.2 Å². The van der Waals surface area contributed by atoms with Gasteiger partial charge in [-0.1, -0.05) is 12.1 Å². The first-order chi connectivity index (χ1) is 9.66. The van der Waals surface area contributed by atoms with Crippen molar-refractivity contribution in [1.29, 1.82) is 0 Å². The van der Waals surface area contributed by atoms with E-state index in [1.807, 2.05) is 12.1 Å². The first-order valence-corrected chi connectivity index (χ1v) is 7.88. The summed E-state index contributed by atoms with van der Waals surface area (Å²) < 4.78 is 0. The van der Waals surface area contributed by atoms with Crippen LogP contribution >= 0.6 is 0 Å². The number of hydrogen-bond acceptors (Lipinski definition) is 3. The molecule has 1 heterocycles. The summed E-state index contributed by atoms with van der Waals surface area (Å²) in [6, 6.07) is 7.18. The number of hydrogen-bond donors (Lipinski definition) is 1. The molecule has 0 aromatic heterocycles. The fourth-order valence-electron chi connectivity index (χ4n) is 3.93. The smallest absolute Gasteiger partial charge is 0.119 e. The summed E-state index contributed by atoms with van der Waals surface area (Å²) in [5.41, 5.74) is 2.52. The molecule has 2 atom stereocenters. The van der Waals surface area contributed by atoms with Gasteiger partial charge in [0.1, 0.15) is 5.75 Å². The molecule has 3 rings (SSSR count). The predicted octanol–water partition coefficient (Wildman–Crippen LogP) is 2.80. The summed E-state index contributed by atoms with van der Waals surface area (Å²) in [5, 5.41) is 10.1. The lowest BCUT2D eigenvalue weighted by atomic mass is 9.86. The number of rotatable bonds is 3. The maximum absolute atomic E-state index is 10.1. The predicted molar refractivity (Wildman–Crippen MR) is 82.1 cm³/mol. The zero-order valence-corrected chi connectivity index (χ0v) is 12.7. The molecule has 3 nitrogen and oxygen atoms in total. The molecule has 0 bridgehead atoms. The third-order valence-corrected chi connectivity index (χ3v) is 5.15. The van der Waals surface area contributed by atoms with Crippen molar-refractivity contribution in [2.24, 2.45) is 0 Å². The van der Waals surface area contributed by atoms with Gasteiger partial charge in [-0.25, -0.2) is 0 Å². The number of aromatic hydroxyl groups is 1. The molecule has 1 fully saturated rings. The molecule has 3 heteroatoms. The Labute approximate surface area is 122 Å². The van der Waals surface area contributed by atoms with Gasteiger partial charge in [-0.15, -0.1) is 0 Å². The van der Waals surface area contributed by atoms with Crippen molar-refractivity contribution in [3.8, 4) is 5.75 Å². The minimum atomic E-state index is 0.472. The van der Waals surface area contributed by atoms with Gasteiger partial charge < -0.3 is 10.0 Å². The van der Waals surface area contributed by atoms with Crippen LogP contribution in [-0.2, 0) is 6.42 Å². The molecule has 2 aliphatic rings. The normalized spacial score (nSPS) is 26.9. The molecule has 0 amide bonds. The van der Waals surface area contributed by atoms with Crippen molar-refractivity contribution >= 4 is 0 Å². The fourth-order valence-corrected chi connectivity index (χ4v) is 3.93. The molecule has 0 saturated carbocycles. The monoisotopic (exact) mass is 274 g/mol. The second-order valence-corrected chi connectivity index (χ2v) is 6.47. The summed E-state index contributed by atoms with van der Waals surface area (Å²) >= 11 is 0. The highest BCUT2D eigenvalue weighted by Crippen LogP contribution is 2.37. The first kappa shape index (κ1) is 13.9. The van der Waals surface area contributed by atoms with Crippen molar-refractivity contribution in [1.82, 2.24) is 9.80 Å². The molecule has 1 aliphatic heterocycles. The molecule has 1 saturated heterocycles. The number of benzene rings is 1. The van der Waals surface area contributed by atoms with Gasteiger partial charge in [-0.3, -0.25) is 4.90 Å². The van der Waals surface area contributed by atoms with E-state index in [0.29, 0.717) is 17.8 Å². The topological polar surface area (TPSA) is 26.7 Å². The van der Waals surface area contributed by atoms with Gasteiger partial charge in [0.05, 0.1) is 0 Å². The number of phenolic OH excluding ortho intramolecular Hbond substituents is 1. The van der Waals surface area contributed by atoms with E-state index >= 15 is 0 Å². The Morgan fingerprint density at radius 2 is 2.15 bits per heavy atom. The quantitative estimate of drug-likeness (QED) is 0.918. The number of fused-ring (bicyclic) bond motifs is 1. The Morgan fingerprint density at radius 3 is 2.90 bits per heavy atom. The van der Waals surface area contributed by atoms with E-state index in [9.17, 15) is 5.11 Å². The standard InChI is InChI=1S/C17H26N2O/c1-18-11-5-6-13(18)12-19(2)16-9-3-8-15-14(16)7-4-10-17(15)20/h4,7,10,13,16,20H,3,5-6,8-9,11-12H2,1-2H3. The Kier molecular flexibility index (Phi) is 3.99. The molecule has 1 N–H and O–H groups in total. The van der Waals surface area contributed by atoms with Crippen LogP contribution in [0.4, 0.5) is 0 Å². The number of likely N-dealkylation sites (N-methyl/N-ethyl adjacent to an activating group) is 2. The highest BCUT2D eigenvalue weighted by molar-refractivity contribution is 5.42. The Balaban J connectivity index is 1.76. The van der Waals surface area contributed by atoms with Crippen molar-refractivity contribution in [2.75, 3.05) is 27.2 Å². The van der Waals surface area contributed by atoms with E-state index in [0.717, 1.165) is 13.0 Å². The van der Waals surface area contributed by atoms with Crippen molar-refractivity contribution in [2.45, 2.75) is 44.2 Å². The van der Waals surface area contributed by atoms with Gasteiger partial charge >= 0.3 is 0 Å². The van der Waals surface area contributed by atoms with Gasteiger partial charge in [0, 0.05) is 18.6 Å². The summed E-state index contributed by atoms with van der Waals surface area (Å²) in [4.78, 5) is 4.99. The maximum Gasteiger partial charge on any atom is 0.119 e. The van der Waals surface area contributed by atoms with E-state index in [-0.39, 0.29) is 0 Å². The summed E-state index contributed by atoms with van der Waals surface area (Å²) in [7, 11) is 4.49. The molecular formula is C17H26N2O. The van der Waals surface area contributed by atoms with Crippen molar-refractivity contribution in [3.05, 3.63) is 29.3 Å². The lowest BCUT2D eigenvalue weighted by Gasteiger charge is -2.36. The largest absolute Gasteiger partial charge is 0.508 e. The first-order valence-electron chi connectivity index (χ1n) is 7.88. The van der Waals surface area contributed by atoms with Gasteiger partial charge in [-0.05, 0) is 69.9 Å². The molecule has 110 valence electrons. The number of nitrogens with zero attached hydrogens (tertiary/aromatic N) is 2. The van der Waals surface area contributed by atoms with Gasteiger partial charge in [0.2, 0.25) is 0 Å². The second kappa shape index (κ2) is 5.74. The zero-order chi connectivity index (χ0) is 14.1. The zero-order valence-electron chi connectivity index (χ0n) is 12.7. The molecule has 0 spiro atoms. The summed E-state index contributed by atoms with van der Waals surface area (Å²) in [6.07, 6.45) is 6.07. The Bertz CT molecular complexity index is 474. The Hall–Kier alpha value is -1.06. The molecule has 1 aromatic rings. The van der Waals surface area contributed by atoms with Crippen LogP contribution in [0.3, 0.4) is 0 Å². The fraction of sp³-hybridized carbons (Fsp3) is 0.647. The molecule has 0 radical (unpaired) electrons. The minimum Gasteiger partial charge on any atom is -0.508 e. The second-order valence-electron chi connectivity index (χ2n) is 6.47. The molecule has 2 unspecified atom stereocenters. The molecule has 1 aromatic carbocycles. The van der Waals surface area contributed by atoms with E-state index in [1.54, 1.807) is 0 Å². The van der Waals surface area contributed by atoms with Gasteiger partial charge in [0.15, 0.2) is 0 Å². The minimum absolute atomic E-state index is 0.472. The molecule has 20 heavy (non-hydrogen) atoms. The van der Waals surface area contributed by atoms with Crippen LogP contribution in [0.25, 0.3) is 0 Å². The van der Waals surface area contributed by atoms with Crippen LogP contribution < -0.4 is 0 Å². The van der Waals surface area contributed by atoms with E-state index in [4.69, 9.17) is 0 Å². The number of phenols is 1. The van der Waals surface area contributed by atoms with E-state index in [1.165, 1.54) is 43.4 Å². The third-order valence-electron chi connectivity index (χ3n) is 5.15. The lowest BCUT2D eigenvalue weighted by Crippen LogP contribution is -2.39. The lowest BCUT2D eigenvalue weighted by molar-refractivity contribution is 0.164. The van der Waals surface area contributed by atoms with Gasteiger partial charge in [-0.2, -0.15) is 0 Å². The van der Waals surface area contributed by atoms with Crippen LogP contribution in [0, 0.1) is 0 Å². The Morgan fingerprint density at radius 1 is 1.30 bits per heavy atom. The van der Waals surface area contributed by atoms with Crippen LogP contribution in [-0.4, -0.2) is 48.1 Å².